The summed E-state index contributed by atoms with van der Waals surface area (Å²) in [5.74, 6) is -3.11. The fraction of sp³-hybridized carbons (Fsp3) is 0.826. The fourth-order valence-corrected chi connectivity index (χ4v) is 10.3. The van der Waals surface area contributed by atoms with Crippen LogP contribution < -0.4 is 0 Å². The van der Waals surface area contributed by atoms with E-state index >= 15 is 0 Å². The Kier molecular flexibility index (Phi) is 53.4. The maximum Gasteiger partial charge on any atom is 0.335 e. The summed E-state index contributed by atoms with van der Waals surface area (Å²) < 4.78 is 28.6. The first kappa shape index (κ1) is 75.7. The summed E-state index contributed by atoms with van der Waals surface area (Å²) in [7, 11) is 0. The average Bonchev–Trinajstić information content (AvgIpc) is 3.53. The lowest BCUT2D eigenvalue weighted by atomic mass is 9.98. The molecule has 3 N–H and O–H groups in total. The molecule has 0 spiro atoms. The minimum absolute atomic E-state index is 0.0639. The predicted octanol–water partition coefficient (Wildman–Crippen LogP) is 18.1. The van der Waals surface area contributed by atoms with Crippen molar-refractivity contribution in [2.75, 3.05) is 13.2 Å². The van der Waals surface area contributed by atoms with Gasteiger partial charge >= 0.3 is 23.9 Å². The largest absolute Gasteiger partial charge is 0.479 e. The highest BCUT2D eigenvalue weighted by Crippen LogP contribution is 2.27. The fourth-order valence-electron chi connectivity index (χ4n) is 10.3. The number of aliphatic hydroxyl groups is 2. The van der Waals surface area contributed by atoms with E-state index < -0.39 is 67.3 Å². The van der Waals surface area contributed by atoms with Gasteiger partial charge in [0.1, 0.15) is 18.8 Å². The van der Waals surface area contributed by atoms with Crippen molar-refractivity contribution < 1.29 is 58.2 Å². The first-order chi connectivity index (χ1) is 39.6. The predicted molar refractivity (Wildman–Crippen MR) is 331 cm³/mol. The summed E-state index contributed by atoms with van der Waals surface area (Å²) in [6.45, 7) is 5.92. The summed E-state index contributed by atoms with van der Waals surface area (Å²) in [5, 5.41) is 31.6. The molecule has 12 heteroatoms. The van der Waals surface area contributed by atoms with Gasteiger partial charge in [-0.1, -0.05) is 268 Å². The molecular weight excluding hydrogens is 1020 g/mol. The normalized spacial score (nSPS) is 18.0. The zero-order chi connectivity index (χ0) is 58.9. The van der Waals surface area contributed by atoms with E-state index in [9.17, 15) is 34.5 Å². The molecule has 0 amide bonds. The Labute approximate surface area is 494 Å². The molecule has 6 unspecified atom stereocenters. The summed E-state index contributed by atoms with van der Waals surface area (Å²) in [5.41, 5.74) is 0. The maximum absolute atomic E-state index is 13.2. The molecule has 1 heterocycles. The van der Waals surface area contributed by atoms with Gasteiger partial charge in [0.05, 0.1) is 6.61 Å². The van der Waals surface area contributed by atoms with E-state index in [0.717, 1.165) is 103 Å². The van der Waals surface area contributed by atoms with E-state index in [-0.39, 0.29) is 25.9 Å². The first-order valence-electron chi connectivity index (χ1n) is 33.6. The standard InChI is InChI=1S/C69H122O12/c1-4-7-10-13-16-19-22-25-28-31-34-37-40-43-46-49-52-55-61(70)77-58-60(79-62(71)56-53-50-47-44-41-38-35-32-29-26-23-20-17-14-11-8-5-2)59-78-69-67(65(74)64(73)66(81-69)68(75)76)80-63(72)57-54-51-48-45-42-39-36-33-30-27-24-21-18-15-12-9-6-3/h7,10,16,19,25-26,28-29,60,64-67,69,73-74H,4-6,8-9,11-15,17-18,20-24,27,30-59H2,1-3H3,(H,75,76)/b10-7-,19-16-,28-25-,29-26-. The number of esters is 3. The zero-order valence-electron chi connectivity index (χ0n) is 52.0. The van der Waals surface area contributed by atoms with Gasteiger partial charge in [0.2, 0.25) is 0 Å². The molecule has 0 aromatic carbocycles. The number of carboxylic acids is 1. The quantitative estimate of drug-likeness (QED) is 0.0228. The molecule has 1 saturated heterocycles. The van der Waals surface area contributed by atoms with Crippen LogP contribution in [0.25, 0.3) is 0 Å². The number of carbonyl (C=O) groups is 4. The summed E-state index contributed by atoms with van der Waals surface area (Å²) in [6, 6.07) is 0. The van der Waals surface area contributed by atoms with Crippen molar-refractivity contribution in [3.05, 3.63) is 48.6 Å². The Morgan fingerprint density at radius 1 is 0.420 bits per heavy atom. The lowest BCUT2D eigenvalue weighted by Gasteiger charge is -2.40. The van der Waals surface area contributed by atoms with Crippen LogP contribution >= 0.6 is 0 Å². The second-order valence-corrected chi connectivity index (χ2v) is 23.1. The highest BCUT2D eigenvalue weighted by molar-refractivity contribution is 5.74. The summed E-state index contributed by atoms with van der Waals surface area (Å²) in [6.07, 6.45) is 57.8. The number of hydrogen-bond acceptors (Lipinski definition) is 11. The van der Waals surface area contributed by atoms with Crippen LogP contribution in [0.2, 0.25) is 0 Å². The molecule has 1 aliphatic heterocycles. The van der Waals surface area contributed by atoms with Gasteiger partial charge in [0.15, 0.2) is 24.6 Å². The van der Waals surface area contributed by atoms with Crippen LogP contribution in [0.3, 0.4) is 0 Å². The monoisotopic (exact) mass is 1140 g/mol. The van der Waals surface area contributed by atoms with E-state index in [1.165, 1.54) is 154 Å². The molecule has 12 nitrogen and oxygen atoms in total. The van der Waals surface area contributed by atoms with Crippen LogP contribution in [0.4, 0.5) is 0 Å². The lowest BCUT2D eigenvalue weighted by Crippen LogP contribution is -2.61. The van der Waals surface area contributed by atoms with Crippen LogP contribution in [0.5, 0.6) is 0 Å². The Morgan fingerprint density at radius 2 is 0.778 bits per heavy atom. The lowest BCUT2D eigenvalue weighted by molar-refractivity contribution is -0.301. The molecule has 6 atom stereocenters. The zero-order valence-corrected chi connectivity index (χ0v) is 52.0. The van der Waals surface area contributed by atoms with Crippen LogP contribution in [0, 0.1) is 0 Å². The number of carbonyl (C=O) groups excluding carboxylic acids is 3. The Bertz CT molecular complexity index is 1590. The molecule has 0 saturated carbocycles. The number of unbranched alkanes of at least 4 members (excludes halogenated alkanes) is 36. The van der Waals surface area contributed by atoms with Crippen molar-refractivity contribution in [1.29, 1.82) is 0 Å². The van der Waals surface area contributed by atoms with Gasteiger partial charge in [-0.05, 0) is 77.0 Å². The van der Waals surface area contributed by atoms with Crippen molar-refractivity contribution in [3.63, 3.8) is 0 Å². The Hall–Kier alpha value is -3.32. The van der Waals surface area contributed by atoms with E-state index in [0.29, 0.717) is 19.3 Å². The van der Waals surface area contributed by atoms with E-state index in [1.807, 2.05) is 0 Å². The van der Waals surface area contributed by atoms with Gasteiger partial charge in [0, 0.05) is 19.3 Å². The average molecular weight is 1140 g/mol. The number of allylic oxidation sites excluding steroid dienone is 8. The van der Waals surface area contributed by atoms with Gasteiger partial charge < -0.3 is 39.0 Å². The van der Waals surface area contributed by atoms with Crippen molar-refractivity contribution in [2.45, 2.75) is 353 Å². The molecule has 0 radical (unpaired) electrons. The molecular formula is C69H122O12. The molecule has 0 bridgehead atoms. The van der Waals surface area contributed by atoms with Crippen molar-refractivity contribution in [1.82, 2.24) is 0 Å². The highest BCUT2D eigenvalue weighted by atomic mass is 16.7. The van der Waals surface area contributed by atoms with E-state index in [2.05, 4.69) is 69.4 Å². The second-order valence-electron chi connectivity index (χ2n) is 23.1. The summed E-state index contributed by atoms with van der Waals surface area (Å²) in [4.78, 5) is 51.4. The second kappa shape index (κ2) is 57.1. The SMILES string of the molecule is CC/C=C\C/C=C\C/C=C\CCCCCCCCCC(=O)OCC(COC1OC(C(=O)O)C(O)C(O)C1OC(=O)CCCCCCCCCCCCCCCCCCC)OC(=O)CCCCCCCCC/C=C\CCCCCCCC. The van der Waals surface area contributed by atoms with E-state index in [1.54, 1.807) is 0 Å². The minimum atomic E-state index is -1.90. The molecule has 1 aliphatic rings. The third kappa shape index (κ3) is 46.7. The molecule has 0 aromatic rings. The van der Waals surface area contributed by atoms with Crippen LogP contribution in [0.1, 0.15) is 316 Å². The number of carboxylic acid groups (broad SMARTS) is 1. The first-order valence-corrected chi connectivity index (χ1v) is 33.6. The number of aliphatic carboxylic acids is 1. The van der Waals surface area contributed by atoms with Crippen LogP contribution in [0.15, 0.2) is 48.6 Å². The Balaban J connectivity index is 2.65. The van der Waals surface area contributed by atoms with Crippen molar-refractivity contribution >= 4 is 23.9 Å². The molecule has 1 fully saturated rings. The van der Waals surface area contributed by atoms with Crippen LogP contribution in [-0.4, -0.2) is 89.2 Å². The van der Waals surface area contributed by atoms with Gasteiger partial charge in [-0.3, -0.25) is 14.4 Å². The van der Waals surface area contributed by atoms with Gasteiger partial charge in [-0.2, -0.15) is 0 Å². The highest BCUT2D eigenvalue weighted by Gasteiger charge is 2.50. The van der Waals surface area contributed by atoms with Crippen LogP contribution in [-0.2, 0) is 42.9 Å². The molecule has 0 aliphatic carbocycles. The molecule has 1 rings (SSSR count). The Morgan fingerprint density at radius 3 is 1.20 bits per heavy atom. The smallest absolute Gasteiger partial charge is 0.335 e. The van der Waals surface area contributed by atoms with Crippen molar-refractivity contribution in [3.8, 4) is 0 Å². The number of ether oxygens (including phenoxy) is 5. The van der Waals surface area contributed by atoms with Crippen molar-refractivity contribution in [2.24, 2.45) is 0 Å². The number of rotatable bonds is 58. The minimum Gasteiger partial charge on any atom is -0.479 e. The topological polar surface area (TPSA) is 175 Å². The molecule has 0 aromatic heterocycles. The summed E-state index contributed by atoms with van der Waals surface area (Å²) >= 11 is 0. The molecule has 470 valence electrons. The third-order valence-corrected chi connectivity index (χ3v) is 15.4. The van der Waals surface area contributed by atoms with Gasteiger partial charge in [-0.25, -0.2) is 4.79 Å². The van der Waals surface area contributed by atoms with E-state index in [4.69, 9.17) is 23.7 Å². The van der Waals surface area contributed by atoms with Gasteiger partial charge in [0.25, 0.3) is 0 Å². The maximum atomic E-state index is 13.2. The van der Waals surface area contributed by atoms with Gasteiger partial charge in [-0.15, -0.1) is 0 Å². The number of hydrogen-bond donors (Lipinski definition) is 3. The third-order valence-electron chi connectivity index (χ3n) is 15.4. The molecule has 81 heavy (non-hydrogen) atoms. The number of aliphatic hydroxyl groups excluding tert-OH is 2.